The molecule has 400 valence electrons. The molecular weight excluding hydrogens is 964 g/mol. The highest BCUT2D eigenvalue weighted by Crippen LogP contribution is 2.44. The number of likely N-dealkylation sites (tertiary alicyclic amines) is 2. The Labute approximate surface area is 440 Å². The van der Waals surface area contributed by atoms with Crippen molar-refractivity contribution < 1.29 is 38.9 Å². The van der Waals surface area contributed by atoms with Gasteiger partial charge in [-0.15, -0.1) is 0 Å². The van der Waals surface area contributed by atoms with Crippen LogP contribution in [-0.4, -0.2) is 153 Å². The summed E-state index contributed by atoms with van der Waals surface area (Å²) in [6.07, 6.45) is 6.25. The van der Waals surface area contributed by atoms with Gasteiger partial charge in [0.1, 0.15) is 33.8 Å². The van der Waals surface area contributed by atoms with Crippen LogP contribution >= 0.6 is 11.6 Å². The summed E-state index contributed by atoms with van der Waals surface area (Å²) >= 11 is 5.60. The van der Waals surface area contributed by atoms with Gasteiger partial charge >= 0.3 is 12.2 Å². The van der Waals surface area contributed by atoms with Crippen molar-refractivity contribution in [3.63, 3.8) is 0 Å². The van der Waals surface area contributed by atoms with Crippen molar-refractivity contribution in [2.24, 2.45) is 16.2 Å². The molecule has 6 fully saturated rings. The van der Waals surface area contributed by atoms with Crippen molar-refractivity contribution in [2.75, 3.05) is 93.2 Å². The van der Waals surface area contributed by atoms with E-state index in [4.69, 9.17) is 21.1 Å². The molecular formula is C55H75ClN10O8. The molecule has 4 aromatic heterocycles. The van der Waals surface area contributed by atoms with Crippen molar-refractivity contribution in [3.8, 4) is 0 Å². The number of nitrogens with zero attached hydrogens (tertiary/aromatic N) is 9. The lowest BCUT2D eigenvalue weighted by atomic mass is 9.73. The molecule has 18 nitrogen and oxygen atoms in total. The van der Waals surface area contributed by atoms with E-state index in [9.17, 15) is 29.4 Å². The Bertz CT molecular complexity index is 2670. The zero-order valence-corrected chi connectivity index (χ0v) is 45.9. The third kappa shape index (κ3) is 13.9. The number of carbonyl (C=O) groups is 4. The third-order valence-corrected chi connectivity index (χ3v) is 13.8. The minimum Gasteiger partial charge on any atom is -0.444 e. The number of halogens is 1. The van der Waals surface area contributed by atoms with Crippen molar-refractivity contribution in [2.45, 2.75) is 105 Å². The second-order valence-corrected chi connectivity index (χ2v) is 24.6. The number of hydrogen-bond acceptors (Lipinski definition) is 16. The SMILES string of the molecule is CC(=O)c1cc(Cl)ccn1.CC(=O)c1cc(N2CC3(CN(C(=O)OC(C)(C)C)C3)C2)ccn1.CC(C)(C)OC(=O)N1CC2(C1)CN(c1ccnc(C(C)(C)O)c1)C2.CC(C)(O)c1cc(N2CC3(CNC3)C2)ccn1. The summed E-state index contributed by atoms with van der Waals surface area (Å²) in [5.74, 6) is -0.0932. The number of Topliss-reactive ketones (excluding diaryl/α,β-unsaturated/α-hetero) is 2. The van der Waals surface area contributed by atoms with Crippen LogP contribution in [0, 0.1) is 16.2 Å². The van der Waals surface area contributed by atoms with Gasteiger partial charge < -0.3 is 49.5 Å². The van der Waals surface area contributed by atoms with Gasteiger partial charge in [-0.25, -0.2) is 9.59 Å². The molecule has 74 heavy (non-hydrogen) atoms. The Morgan fingerprint density at radius 1 is 0.514 bits per heavy atom. The highest BCUT2D eigenvalue weighted by molar-refractivity contribution is 6.30. The maximum atomic E-state index is 12.0. The molecule has 2 amide bonds. The van der Waals surface area contributed by atoms with Gasteiger partial charge in [-0.05, 0) is 118 Å². The molecule has 10 rings (SSSR count). The summed E-state index contributed by atoms with van der Waals surface area (Å²) < 4.78 is 10.8. The fraction of sp³-hybridized carbons (Fsp3) is 0.564. The second kappa shape index (κ2) is 21.0. The average Bonchev–Trinajstić information content (AvgIpc) is 3.20. The van der Waals surface area contributed by atoms with E-state index in [0.29, 0.717) is 27.5 Å². The first kappa shape index (κ1) is 55.8. The number of ether oxygens (including phenoxy) is 2. The number of aromatic nitrogens is 4. The number of amides is 2. The average molecular weight is 1040 g/mol. The van der Waals surface area contributed by atoms with Crippen LogP contribution in [0.2, 0.25) is 5.02 Å². The van der Waals surface area contributed by atoms with Gasteiger partial charge in [0, 0.05) is 156 Å². The number of aliphatic hydroxyl groups is 2. The molecule has 0 radical (unpaired) electrons. The quantitative estimate of drug-likeness (QED) is 0.155. The van der Waals surface area contributed by atoms with E-state index in [-0.39, 0.29) is 34.6 Å². The summed E-state index contributed by atoms with van der Waals surface area (Å²) in [6, 6.07) is 14.9. The van der Waals surface area contributed by atoms with Crippen LogP contribution in [0.4, 0.5) is 26.7 Å². The molecule has 0 aliphatic carbocycles. The van der Waals surface area contributed by atoms with Crippen LogP contribution in [-0.2, 0) is 20.7 Å². The lowest BCUT2D eigenvalue weighted by molar-refractivity contribution is -0.0456. The van der Waals surface area contributed by atoms with Crippen molar-refractivity contribution >= 4 is 52.4 Å². The van der Waals surface area contributed by atoms with Gasteiger partial charge in [-0.2, -0.15) is 0 Å². The smallest absolute Gasteiger partial charge is 0.410 e. The van der Waals surface area contributed by atoms with Gasteiger partial charge in [0.2, 0.25) is 0 Å². The number of rotatable bonds is 7. The molecule has 0 aromatic carbocycles. The van der Waals surface area contributed by atoms with Crippen LogP contribution in [0.15, 0.2) is 73.3 Å². The van der Waals surface area contributed by atoms with Crippen molar-refractivity contribution in [1.82, 2.24) is 35.1 Å². The van der Waals surface area contributed by atoms with Gasteiger partial charge in [-0.1, -0.05) is 11.6 Å². The van der Waals surface area contributed by atoms with Crippen LogP contribution < -0.4 is 20.0 Å². The third-order valence-electron chi connectivity index (χ3n) is 13.6. The van der Waals surface area contributed by atoms with Crippen LogP contribution in [0.3, 0.4) is 0 Å². The number of carbonyl (C=O) groups excluding carboxylic acids is 4. The first-order valence-electron chi connectivity index (χ1n) is 25.2. The fourth-order valence-electron chi connectivity index (χ4n) is 9.69. The monoisotopic (exact) mass is 1040 g/mol. The zero-order valence-electron chi connectivity index (χ0n) is 45.2. The van der Waals surface area contributed by atoms with Gasteiger partial charge in [0.25, 0.3) is 0 Å². The number of anilines is 3. The first-order chi connectivity index (χ1) is 34.3. The lowest BCUT2D eigenvalue weighted by Gasteiger charge is -2.60. The minimum atomic E-state index is -0.942. The van der Waals surface area contributed by atoms with Gasteiger partial charge in [0.15, 0.2) is 11.6 Å². The Morgan fingerprint density at radius 2 is 0.851 bits per heavy atom. The van der Waals surface area contributed by atoms with Gasteiger partial charge in [-0.3, -0.25) is 29.5 Å². The maximum absolute atomic E-state index is 12.0. The largest absolute Gasteiger partial charge is 0.444 e. The molecule has 19 heteroatoms. The van der Waals surface area contributed by atoms with E-state index < -0.39 is 22.4 Å². The van der Waals surface area contributed by atoms with E-state index >= 15 is 0 Å². The summed E-state index contributed by atoms with van der Waals surface area (Å²) in [5.41, 5.74) is 3.77. The van der Waals surface area contributed by atoms with E-state index in [2.05, 4.69) is 40.0 Å². The topological polar surface area (TPSA) is 207 Å². The first-order valence-corrected chi connectivity index (χ1v) is 25.6. The van der Waals surface area contributed by atoms with E-state index in [1.54, 1.807) is 68.2 Å². The lowest BCUT2D eigenvalue weighted by Crippen LogP contribution is -2.73. The highest BCUT2D eigenvalue weighted by atomic mass is 35.5. The Balaban J connectivity index is 0.000000150. The summed E-state index contributed by atoms with van der Waals surface area (Å²) in [6.45, 7) is 32.4. The molecule has 6 saturated heterocycles. The highest BCUT2D eigenvalue weighted by Gasteiger charge is 2.55. The summed E-state index contributed by atoms with van der Waals surface area (Å²) in [4.78, 5) is 72.8. The number of hydrogen-bond donors (Lipinski definition) is 3. The maximum Gasteiger partial charge on any atom is 0.410 e. The molecule has 10 heterocycles. The Hall–Kier alpha value is -5.95. The Morgan fingerprint density at radius 3 is 1.16 bits per heavy atom. The Kier molecular flexibility index (Phi) is 15.8. The van der Waals surface area contributed by atoms with Crippen LogP contribution in [0.1, 0.15) is 115 Å². The second-order valence-electron chi connectivity index (χ2n) is 24.1. The number of pyridine rings is 4. The molecule has 4 aromatic rings. The molecule has 0 unspecified atom stereocenters. The zero-order chi connectivity index (χ0) is 54.2. The van der Waals surface area contributed by atoms with E-state index in [1.807, 2.05) is 77.9 Å². The number of nitrogens with one attached hydrogen (secondary N) is 1. The van der Waals surface area contributed by atoms with Crippen molar-refractivity contribution in [1.29, 1.82) is 0 Å². The standard InChI is InChI=1S/C18H27N3O3.C17H23N3O3.C13H19N3O.C7H6ClNO/c1-16(2,3)24-15(22)21-11-18(12-21)9-20(10-18)13-6-7-19-14(8-13)17(4,5)23;1-12(21)14-7-13(5-6-18-14)19-8-17(9-19)10-20(11-17)15(22)23-16(2,3)4;1-12(2,17)11-5-10(3-4-15-11)16-8-13(9-16)6-14-7-13;1-5(10)7-4-6(8)2-3-9-7/h6-8,23H,9-12H2,1-5H3;5-7H,8-11H2,1-4H3;3-5,14,17H,6-9H2,1-2H3;2-4H,1H3. The number of ketones is 2. The molecule has 0 bridgehead atoms. The molecule has 0 saturated carbocycles. The summed E-state index contributed by atoms with van der Waals surface area (Å²) in [7, 11) is 0. The van der Waals surface area contributed by atoms with Crippen LogP contribution in [0.25, 0.3) is 0 Å². The predicted octanol–water partition coefficient (Wildman–Crippen LogP) is 7.36. The minimum absolute atomic E-state index is 0.0261. The molecule has 6 aliphatic heterocycles. The fourth-order valence-corrected chi connectivity index (χ4v) is 9.85. The molecule has 0 atom stereocenters. The predicted molar refractivity (Wildman–Crippen MR) is 285 cm³/mol. The normalized spacial score (nSPS) is 18.7. The van der Waals surface area contributed by atoms with Gasteiger partial charge in [0.05, 0.1) is 11.4 Å². The molecule has 6 aliphatic rings. The molecule has 3 spiro atoms. The molecule has 3 N–H and O–H groups in total. The van der Waals surface area contributed by atoms with Crippen molar-refractivity contribution in [3.05, 3.63) is 101 Å². The van der Waals surface area contributed by atoms with E-state index in [0.717, 1.165) is 95.6 Å². The summed E-state index contributed by atoms with van der Waals surface area (Å²) in [5, 5.41) is 23.9. The van der Waals surface area contributed by atoms with E-state index in [1.165, 1.54) is 25.7 Å². The van der Waals surface area contributed by atoms with Crippen LogP contribution in [0.5, 0.6) is 0 Å².